The molecule has 2 aliphatic rings. The van der Waals surface area contributed by atoms with E-state index in [1.807, 2.05) is 7.05 Å². The highest BCUT2D eigenvalue weighted by Gasteiger charge is 2.33. The second kappa shape index (κ2) is 5.10. The van der Waals surface area contributed by atoms with Gasteiger partial charge >= 0.3 is 0 Å². The number of hydrogen-bond donors (Lipinski definition) is 2. The number of nitrogens with one attached hydrogen (secondary N) is 2. The van der Waals surface area contributed by atoms with Crippen LogP contribution in [0, 0.1) is 0 Å². The average Bonchev–Trinajstić information content (AvgIpc) is 2.94. The molecule has 3 nitrogen and oxygen atoms in total. The van der Waals surface area contributed by atoms with Crippen LogP contribution in [0.1, 0.15) is 25.7 Å². The van der Waals surface area contributed by atoms with E-state index in [1.54, 1.807) is 0 Å². The molecule has 0 aromatic rings. The molecule has 0 spiro atoms. The molecule has 1 saturated heterocycles. The van der Waals surface area contributed by atoms with E-state index in [0.717, 1.165) is 18.6 Å². The molecule has 0 aromatic carbocycles. The van der Waals surface area contributed by atoms with Crippen molar-refractivity contribution in [2.24, 2.45) is 0 Å². The van der Waals surface area contributed by atoms with Crippen molar-refractivity contribution in [2.45, 2.75) is 37.8 Å². The van der Waals surface area contributed by atoms with Gasteiger partial charge in [-0.1, -0.05) is 0 Å². The summed E-state index contributed by atoms with van der Waals surface area (Å²) in [6.45, 7) is 4.93. The van der Waals surface area contributed by atoms with Gasteiger partial charge in [-0.2, -0.15) is 0 Å². The van der Waals surface area contributed by atoms with Gasteiger partial charge in [0.2, 0.25) is 0 Å². The van der Waals surface area contributed by atoms with E-state index in [9.17, 15) is 0 Å². The second-order valence-corrected chi connectivity index (χ2v) is 4.62. The number of likely N-dealkylation sites (tertiary alicyclic amines) is 1. The minimum absolute atomic E-state index is 0.771. The molecule has 1 atom stereocenters. The molecule has 0 amide bonds. The zero-order valence-electron chi connectivity index (χ0n) is 9.26. The molecule has 0 bridgehead atoms. The van der Waals surface area contributed by atoms with E-state index >= 15 is 0 Å². The average molecular weight is 197 g/mol. The van der Waals surface area contributed by atoms with Gasteiger partial charge in [0.1, 0.15) is 0 Å². The maximum atomic E-state index is 3.65. The summed E-state index contributed by atoms with van der Waals surface area (Å²) in [6.07, 6.45) is 5.51. The zero-order chi connectivity index (χ0) is 9.80. The molecule has 14 heavy (non-hydrogen) atoms. The summed E-state index contributed by atoms with van der Waals surface area (Å²) < 4.78 is 0. The van der Waals surface area contributed by atoms with Crippen LogP contribution in [0.4, 0.5) is 0 Å². The molecule has 2 fully saturated rings. The van der Waals surface area contributed by atoms with Crippen LogP contribution in [0.2, 0.25) is 0 Å². The van der Waals surface area contributed by atoms with E-state index in [0.29, 0.717) is 0 Å². The first-order valence-electron chi connectivity index (χ1n) is 6.02. The van der Waals surface area contributed by atoms with Gasteiger partial charge in [-0.25, -0.2) is 0 Å². The minimum Gasteiger partial charge on any atom is -0.320 e. The topological polar surface area (TPSA) is 27.3 Å². The zero-order valence-corrected chi connectivity index (χ0v) is 9.26. The van der Waals surface area contributed by atoms with Gasteiger partial charge in [-0.05, 0) is 45.8 Å². The van der Waals surface area contributed by atoms with Crippen molar-refractivity contribution < 1.29 is 0 Å². The Balaban J connectivity index is 1.54. The van der Waals surface area contributed by atoms with Gasteiger partial charge in [0.25, 0.3) is 0 Å². The molecule has 0 radical (unpaired) electrons. The SMILES string of the molecule is CNCCCNC1CCN(C2CC2)C1. The minimum atomic E-state index is 0.771. The lowest BCUT2D eigenvalue weighted by Gasteiger charge is -2.15. The molecule has 1 saturated carbocycles. The van der Waals surface area contributed by atoms with Gasteiger partial charge in [0, 0.05) is 25.2 Å². The maximum absolute atomic E-state index is 3.65. The lowest BCUT2D eigenvalue weighted by Crippen LogP contribution is -2.34. The Morgan fingerprint density at radius 1 is 1.21 bits per heavy atom. The monoisotopic (exact) mass is 197 g/mol. The lowest BCUT2D eigenvalue weighted by molar-refractivity contribution is 0.317. The van der Waals surface area contributed by atoms with Crippen molar-refractivity contribution in [1.29, 1.82) is 0 Å². The summed E-state index contributed by atoms with van der Waals surface area (Å²) in [6, 6.07) is 1.73. The molecular weight excluding hydrogens is 174 g/mol. The molecule has 2 rings (SSSR count). The Bertz CT molecular complexity index is 168. The summed E-state index contributed by atoms with van der Waals surface area (Å²) in [4.78, 5) is 2.66. The van der Waals surface area contributed by atoms with Crippen molar-refractivity contribution in [1.82, 2.24) is 15.5 Å². The molecule has 1 aliphatic heterocycles. The standard InChI is InChI=1S/C11H23N3/c1-12-6-2-7-13-10-5-8-14(9-10)11-3-4-11/h10-13H,2-9H2,1H3. The van der Waals surface area contributed by atoms with E-state index in [-0.39, 0.29) is 0 Å². The first kappa shape index (κ1) is 10.4. The highest BCUT2D eigenvalue weighted by molar-refractivity contribution is 4.91. The van der Waals surface area contributed by atoms with Gasteiger partial charge in [0.05, 0.1) is 0 Å². The maximum Gasteiger partial charge on any atom is 0.0207 e. The van der Waals surface area contributed by atoms with Crippen LogP contribution >= 0.6 is 0 Å². The fourth-order valence-electron chi connectivity index (χ4n) is 2.30. The van der Waals surface area contributed by atoms with Crippen LogP contribution in [-0.4, -0.2) is 50.2 Å². The fraction of sp³-hybridized carbons (Fsp3) is 1.00. The predicted octanol–water partition coefficient (Wildman–Crippen LogP) is 0.422. The van der Waals surface area contributed by atoms with Crippen LogP contribution < -0.4 is 10.6 Å². The summed E-state index contributed by atoms with van der Waals surface area (Å²) in [7, 11) is 2.02. The third-order valence-electron chi connectivity index (χ3n) is 3.32. The summed E-state index contributed by atoms with van der Waals surface area (Å²) in [5, 5.41) is 6.83. The number of rotatable bonds is 6. The van der Waals surface area contributed by atoms with Crippen molar-refractivity contribution in [3.05, 3.63) is 0 Å². The summed E-state index contributed by atoms with van der Waals surface area (Å²) in [5.74, 6) is 0. The van der Waals surface area contributed by atoms with Crippen molar-refractivity contribution in [3.63, 3.8) is 0 Å². The Morgan fingerprint density at radius 3 is 2.79 bits per heavy atom. The summed E-state index contributed by atoms with van der Waals surface area (Å²) >= 11 is 0. The normalized spacial score (nSPS) is 28.5. The van der Waals surface area contributed by atoms with Gasteiger partial charge in [-0.3, -0.25) is 4.90 Å². The van der Waals surface area contributed by atoms with Crippen LogP contribution in [0.3, 0.4) is 0 Å². The largest absolute Gasteiger partial charge is 0.320 e. The molecule has 2 N–H and O–H groups in total. The Kier molecular flexibility index (Phi) is 3.79. The quantitative estimate of drug-likeness (QED) is 0.604. The Hall–Kier alpha value is -0.120. The molecule has 82 valence electrons. The first-order valence-corrected chi connectivity index (χ1v) is 6.02. The van der Waals surface area contributed by atoms with Gasteiger partial charge in [0.15, 0.2) is 0 Å². The van der Waals surface area contributed by atoms with Crippen molar-refractivity contribution in [3.8, 4) is 0 Å². The third-order valence-corrected chi connectivity index (χ3v) is 3.32. The molecular formula is C11H23N3. The smallest absolute Gasteiger partial charge is 0.0207 e. The Morgan fingerprint density at radius 2 is 2.07 bits per heavy atom. The van der Waals surface area contributed by atoms with E-state index < -0.39 is 0 Å². The highest BCUT2D eigenvalue weighted by atomic mass is 15.2. The molecule has 1 heterocycles. The number of hydrogen-bond acceptors (Lipinski definition) is 3. The van der Waals surface area contributed by atoms with Crippen molar-refractivity contribution in [2.75, 3.05) is 33.2 Å². The molecule has 1 aliphatic carbocycles. The lowest BCUT2D eigenvalue weighted by atomic mass is 10.2. The highest BCUT2D eigenvalue weighted by Crippen LogP contribution is 2.29. The molecule has 3 heteroatoms. The van der Waals surface area contributed by atoms with Crippen LogP contribution in [0.25, 0.3) is 0 Å². The number of nitrogens with zero attached hydrogens (tertiary/aromatic N) is 1. The third kappa shape index (κ3) is 2.94. The Labute approximate surface area is 87.2 Å². The molecule has 0 aromatic heterocycles. The molecule has 1 unspecified atom stereocenters. The van der Waals surface area contributed by atoms with E-state index in [4.69, 9.17) is 0 Å². The van der Waals surface area contributed by atoms with Crippen LogP contribution in [-0.2, 0) is 0 Å². The fourth-order valence-corrected chi connectivity index (χ4v) is 2.30. The van der Waals surface area contributed by atoms with Gasteiger partial charge < -0.3 is 10.6 Å². The van der Waals surface area contributed by atoms with E-state index in [1.165, 1.54) is 45.3 Å². The van der Waals surface area contributed by atoms with Gasteiger partial charge in [-0.15, -0.1) is 0 Å². The van der Waals surface area contributed by atoms with Crippen LogP contribution in [0.15, 0.2) is 0 Å². The predicted molar refractivity (Wildman–Crippen MR) is 59.5 cm³/mol. The van der Waals surface area contributed by atoms with Crippen molar-refractivity contribution >= 4 is 0 Å². The summed E-state index contributed by atoms with van der Waals surface area (Å²) in [5.41, 5.74) is 0. The van der Waals surface area contributed by atoms with E-state index in [2.05, 4.69) is 15.5 Å². The first-order chi connectivity index (χ1) is 6.90. The second-order valence-electron chi connectivity index (χ2n) is 4.62. The van der Waals surface area contributed by atoms with Crippen LogP contribution in [0.5, 0.6) is 0 Å².